The molecule has 1 unspecified atom stereocenters. The van der Waals surface area contributed by atoms with E-state index in [1.807, 2.05) is 69.8 Å². The van der Waals surface area contributed by atoms with E-state index in [0.29, 0.717) is 11.1 Å². The zero-order valence-electron chi connectivity index (χ0n) is 22.1. The Bertz CT molecular complexity index is 1690. The quantitative estimate of drug-likeness (QED) is 0.183. The lowest BCUT2D eigenvalue weighted by molar-refractivity contribution is -0.152. The molecule has 2 aromatic heterocycles. The van der Waals surface area contributed by atoms with Gasteiger partial charge in [-0.05, 0) is 80.1 Å². The number of aliphatic hydroxyl groups is 3. The molecular formula is C30H26Br2N4O3. The van der Waals surface area contributed by atoms with Crippen molar-refractivity contribution in [2.45, 2.75) is 25.7 Å². The van der Waals surface area contributed by atoms with Gasteiger partial charge in [0, 0.05) is 25.9 Å². The van der Waals surface area contributed by atoms with Crippen molar-refractivity contribution in [2.75, 3.05) is 0 Å². The van der Waals surface area contributed by atoms with Crippen LogP contribution in [0.3, 0.4) is 0 Å². The lowest BCUT2D eigenvalue weighted by atomic mass is 10.1. The molecule has 0 aliphatic heterocycles. The zero-order chi connectivity index (χ0) is 28.7. The molecule has 0 aliphatic carbocycles. The van der Waals surface area contributed by atoms with E-state index in [0.717, 1.165) is 42.4 Å². The van der Waals surface area contributed by atoms with Gasteiger partial charge in [0.05, 0.1) is 29.5 Å². The van der Waals surface area contributed by atoms with Gasteiger partial charge in [0.2, 0.25) is 0 Å². The first-order valence-electron chi connectivity index (χ1n) is 12.5. The van der Waals surface area contributed by atoms with Gasteiger partial charge in [-0.3, -0.25) is 9.13 Å². The van der Waals surface area contributed by atoms with Crippen molar-refractivity contribution in [1.29, 1.82) is 0 Å². The van der Waals surface area contributed by atoms with Gasteiger partial charge in [-0.1, -0.05) is 56.1 Å². The van der Waals surface area contributed by atoms with Crippen LogP contribution in [0.25, 0.3) is 33.4 Å². The second-order valence-electron chi connectivity index (χ2n) is 9.20. The van der Waals surface area contributed by atoms with Gasteiger partial charge in [-0.15, -0.1) is 0 Å². The van der Waals surface area contributed by atoms with E-state index >= 15 is 0 Å². The number of nitrogens with zero attached hydrogens (tertiary/aromatic N) is 4. The maximum atomic E-state index is 9.73. The van der Waals surface area contributed by atoms with E-state index in [1.54, 1.807) is 36.9 Å². The van der Waals surface area contributed by atoms with Gasteiger partial charge in [0.25, 0.3) is 0 Å². The van der Waals surface area contributed by atoms with Crippen molar-refractivity contribution in [1.82, 2.24) is 19.1 Å². The summed E-state index contributed by atoms with van der Waals surface area (Å²) in [6.45, 7) is 2.78. The summed E-state index contributed by atoms with van der Waals surface area (Å²) in [6.07, 6.45) is 1.87. The maximum absolute atomic E-state index is 9.73. The Kier molecular flexibility index (Phi) is 7.33. The van der Waals surface area contributed by atoms with Crippen LogP contribution >= 0.6 is 31.9 Å². The highest BCUT2D eigenvalue weighted by molar-refractivity contribution is 9.10. The summed E-state index contributed by atoms with van der Waals surface area (Å²) < 4.78 is 13.6. The number of fused-ring (bicyclic) bond motifs is 2. The smallest absolute Gasteiger partial charge is 0.186 e. The minimum Gasteiger partial charge on any atom is -0.389 e. The standard InChI is InChI=1S/C15H13BrN2O2.C15H13BrN2O/c1-15(19,20)10-5-6-14-13(7-10)17-9-18(14)12-4-2-3-11(16)8-12;1-10(19)11-5-6-15-14(7-11)17-9-18(15)13-4-2-3-12(16)8-13/h2-9,19-20H,1H3;2-10,19H,1H3/i;10D. The number of hydrogen-bond acceptors (Lipinski definition) is 5. The number of rotatable bonds is 4. The monoisotopic (exact) mass is 649 g/mol. The predicted molar refractivity (Wildman–Crippen MR) is 160 cm³/mol. The molecule has 0 aliphatic rings. The summed E-state index contributed by atoms with van der Waals surface area (Å²) in [6, 6.07) is 26.4. The molecule has 0 radical (unpaired) electrons. The Hall–Kier alpha value is -3.34. The molecule has 3 N–H and O–H groups in total. The average molecular weight is 651 g/mol. The summed E-state index contributed by atoms with van der Waals surface area (Å²) >= 11 is 6.91. The van der Waals surface area contributed by atoms with Gasteiger partial charge in [-0.2, -0.15) is 0 Å². The Morgan fingerprint density at radius 3 is 1.77 bits per heavy atom. The molecule has 198 valence electrons. The van der Waals surface area contributed by atoms with E-state index in [-0.39, 0.29) is 0 Å². The Labute approximate surface area is 243 Å². The van der Waals surface area contributed by atoms with E-state index in [4.69, 9.17) is 1.37 Å². The fourth-order valence-electron chi connectivity index (χ4n) is 4.21. The van der Waals surface area contributed by atoms with Crippen molar-refractivity contribution < 1.29 is 16.7 Å². The van der Waals surface area contributed by atoms with Gasteiger partial charge < -0.3 is 15.3 Å². The minimum absolute atomic E-state index is 0.421. The number of benzene rings is 4. The summed E-state index contributed by atoms with van der Waals surface area (Å²) in [5.74, 6) is -1.85. The van der Waals surface area contributed by atoms with Crippen LogP contribution in [-0.2, 0) is 5.79 Å². The van der Waals surface area contributed by atoms with E-state index in [9.17, 15) is 15.3 Å². The highest BCUT2D eigenvalue weighted by atomic mass is 79.9. The molecule has 1 atom stereocenters. The van der Waals surface area contributed by atoms with Crippen molar-refractivity contribution >= 4 is 53.9 Å². The lowest BCUT2D eigenvalue weighted by Crippen LogP contribution is -2.19. The van der Waals surface area contributed by atoms with Crippen LogP contribution in [0.15, 0.2) is 107 Å². The molecule has 4 aromatic carbocycles. The molecule has 0 fully saturated rings. The molecule has 7 nitrogen and oxygen atoms in total. The van der Waals surface area contributed by atoms with E-state index in [2.05, 4.69) is 41.8 Å². The number of halogens is 2. The first kappa shape index (κ1) is 25.9. The first-order valence-corrected chi connectivity index (χ1v) is 13.6. The fraction of sp³-hybridized carbons (Fsp3) is 0.133. The van der Waals surface area contributed by atoms with Gasteiger partial charge in [-0.25, -0.2) is 9.97 Å². The molecule has 6 rings (SSSR count). The highest BCUT2D eigenvalue weighted by Gasteiger charge is 2.19. The fourth-order valence-corrected chi connectivity index (χ4v) is 4.98. The van der Waals surface area contributed by atoms with Crippen molar-refractivity contribution in [3.05, 3.63) is 118 Å². The molecule has 0 saturated carbocycles. The van der Waals surface area contributed by atoms with Crippen LogP contribution in [0, 0.1) is 0 Å². The number of imidazole rings is 2. The normalized spacial score (nSPS) is 13.6. The first-order chi connectivity index (χ1) is 18.9. The largest absolute Gasteiger partial charge is 0.389 e. The van der Waals surface area contributed by atoms with Crippen molar-refractivity contribution in [2.24, 2.45) is 0 Å². The third-order valence-electron chi connectivity index (χ3n) is 6.23. The Morgan fingerprint density at radius 1 is 0.769 bits per heavy atom. The average Bonchev–Trinajstić information content (AvgIpc) is 3.52. The van der Waals surface area contributed by atoms with Crippen LogP contribution in [0.4, 0.5) is 0 Å². The van der Waals surface area contributed by atoms with E-state index < -0.39 is 11.9 Å². The summed E-state index contributed by atoms with van der Waals surface area (Å²) in [7, 11) is 0. The number of hydrogen-bond donors (Lipinski definition) is 3. The highest BCUT2D eigenvalue weighted by Crippen LogP contribution is 2.26. The predicted octanol–water partition coefficient (Wildman–Crippen LogP) is 6.79. The SMILES string of the molecule is CC(O)(O)c1ccc2c(c1)ncn2-c1cccc(Br)c1.[2H]C(C)(O)c1ccc2c(c1)ncn2-c1cccc(Br)c1. The summed E-state index contributed by atoms with van der Waals surface area (Å²) in [5.41, 5.74) is 6.28. The Balaban J connectivity index is 0.000000161. The topological polar surface area (TPSA) is 96.3 Å². The van der Waals surface area contributed by atoms with Gasteiger partial charge in [0.1, 0.15) is 12.7 Å². The molecule has 6 aromatic rings. The third-order valence-corrected chi connectivity index (χ3v) is 7.22. The molecule has 9 heteroatoms. The lowest BCUT2D eigenvalue weighted by Gasteiger charge is -2.16. The van der Waals surface area contributed by atoms with Gasteiger partial charge in [0.15, 0.2) is 5.79 Å². The zero-order valence-corrected chi connectivity index (χ0v) is 24.3. The Morgan fingerprint density at radius 2 is 1.28 bits per heavy atom. The minimum atomic E-state index is -1.85. The molecule has 0 amide bonds. The second-order valence-corrected chi connectivity index (χ2v) is 11.0. The van der Waals surface area contributed by atoms with Crippen molar-refractivity contribution in [3.63, 3.8) is 0 Å². The summed E-state index contributed by atoms with van der Waals surface area (Å²) in [5, 5.41) is 29.0. The van der Waals surface area contributed by atoms with Gasteiger partial charge >= 0.3 is 0 Å². The maximum Gasteiger partial charge on any atom is 0.186 e. The summed E-state index contributed by atoms with van der Waals surface area (Å²) in [4.78, 5) is 8.68. The van der Waals surface area contributed by atoms with Crippen LogP contribution in [0.2, 0.25) is 0 Å². The third kappa shape index (κ3) is 5.98. The molecule has 0 spiro atoms. The molecule has 2 heterocycles. The van der Waals surface area contributed by atoms with Crippen LogP contribution in [0.1, 0.15) is 32.4 Å². The molecule has 39 heavy (non-hydrogen) atoms. The molecule has 0 bridgehead atoms. The van der Waals surface area contributed by atoms with E-state index in [1.165, 1.54) is 13.8 Å². The van der Waals surface area contributed by atoms with Crippen LogP contribution in [-0.4, -0.2) is 34.4 Å². The molecular weight excluding hydrogens is 624 g/mol. The number of aromatic nitrogens is 4. The second kappa shape index (κ2) is 11.0. The molecule has 0 saturated heterocycles. The van der Waals surface area contributed by atoms with Crippen LogP contribution in [0.5, 0.6) is 0 Å². The van der Waals surface area contributed by atoms with Crippen molar-refractivity contribution in [3.8, 4) is 11.4 Å². The van der Waals surface area contributed by atoms with Crippen LogP contribution < -0.4 is 0 Å².